The van der Waals surface area contributed by atoms with Crippen molar-refractivity contribution in [3.63, 3.8) is 0 Å². The number of nitrogens with zero attached hydrogens (tertiary/aromatic N) is 2. The molecule has 1 N–H and O–H groups in total. The van der Waals surface area contributed by atoms with Crippen molar-refractivity contribution < 1.29 is 9.59 Å². The summed E-state index contributed by atoms with van der Waals surface area (Å²) in [5.74, 6) is -0.0244. The Morgan fingerprint density at radius 1 is 1.03 bits per heavy atom. The molecule has 5 nitrogen and oxygen atoms in total. The van der Waals surface area contributed by atoms with Gasteiger partial charge in [0.25, 0.3) is 0 Å². The van der Waals surface area contributed by atoms with Crippen molar-refractivity contribution in [3.8, 4) is 0 Å². The molecule has 0 unspecified atom stereocenters. The van der Waals surface area contributed by atoms with Crippen LogP contribution in [0.3, 0.4) is 0 Å². The van der Waals surface area contributed by atoms with Crippen LogP contribution in [0.4, 0.5) is 0 Å². The van der Waals surface area contributed by atoms with Gasteiger partial charge in [0.05, 0.1) is 0 Å². The SMILES string of the molecule is Cc1cc(C(=O)CCC(=O)NCc2cccc(CN3CCN(C)CC3)c2)c(C)s1. The number of rotatable bonds is 8. The first kappa shape index (κ1) is 21.7. The van der Waals surface area contributed by atoms with Gasteiger partial charge in [0.2, 0.25) is 5.91 Å². The van der Waals surface area contributed by atoms with E-state index in [0.29, 0.717) is 6.54 Å². The lowest BCUT2D eigenvalue weighted by Crippen LogP contribution is -2.43. The summed E-state index contributed by atoms with van der Waals surface area (Å²) in [6.45, 7) is 9.81. The molecular formula is C23H31N3O2S. The lowest BCUT2D eigenvalue weighted by atomic mass is 10.1. The second kappa shape index (κ2) is 10.1. The summed E-state index contributed by atoms with van der Waals surface area (Å²) in [6.07, 6.45) is 0.487. The Kier molecular flexibility index (Phi) is 7.58. The van der Waals surface area contributed by atoms with Crippen molar-refractivity contribution in [2.45, 2.75) is 39.8 Å². The quantitative estimate of drug-likeness (QED) is 0.674. The zero-order chi connectivity index (χ0) is 20.8. The Bertz CT molecular complexity index is 854. The van der Waals surface area contributed by atoms with Gasteiger partial charge in [0.15, 0.2) is 5.78 Å². The average Bonchev–Trinajstić information content (AvgIpc) is 3.05. The molecule has 1 aromatic heterocycles. The summed E-state index contributed by atoms with van der Waals surface area (Å²) in [4.78, 5) is 31.5. The van der Waals surface area contributed by atoms with Crippen LogP contribution in [0.5, 0.6) is 0 Å². The van der Waals surface area contributed by atoms with Crippen LogP contribution in [-0.4, -0.2) is 54.7 Å². The fourth-order valence-electron chi connectivity index (χ4n) is 3.66. The third kappa shape index (κ3) is 6.49. The van der Waals surface area contributed by atoms with Crippen molar-refractivity contribution in [3.05, 3.63) is 56.8 Å². The van der Waals surface area contributed by atoms with Gasteiger partial charge >= 0.3 is 0 Å². The molecule has 6 heteroatoms. The molecule has 2 heterocycles. The molecule has 0 atom stereocenters. The molecule has 1 aromatic carbocycles. The highest BCUT2D eigenvalue weighted by Gasteiger charge is 2.15. The van der Waals surface area contributed by atoms with Gasteiger partial charge in [-0.05, 0) is 38.1 Å². The number of likely N-dealkylation sites (N-methyl/N-ethyl adjacent to an activating group) is 1. The number of benzene rings is 1. The molecule has 0 saturated carbocycles. The van der Waals surface area contributed by atoms with Crippen molar-refractivity contribution in [1.29, 1.82) is 0 Å². The molecule has 0 spiro atoms. The molecule has 1 saturated heterocycles. The van der Waals surface area contributed by atoms with Crippen LogP contribution < -0.4 is 5.32 Å². The molecule has 3 rings (SSSR count). The van der Waals surface area contributed by atoms with Gasteiger partial charge in [-0.3, -0.25) is 14.5 Å². The maximum Gasteiger partial charge on any atom is 0.220 e. The van der Waals surface area contributed by atoms with Gasteiger partial charge in [-0.15, -0.1) is 11.3 Å². The van der Waals surface area contributed by atoms with E-state index >= 15 is 0 Å². The lowest BCUT2D eigenvalue weighted by Gasteiger charge is -2.32. The summed E-state index contributed by atoms with van der Waals surface area (Å²) < 4.78 is 0. The van der Waals surface area contributed by atoms with Crippen LogP contribution in [0.1, 0.15) is 44.1 Å². The van der Waals surface area contributed by atoms with E-state index in [0.717, 1.165) is 53.6 Å². The van der Waals surface area contributed by atoms with Crippen molar-refractivity contribution >= 4 is 23.0 Å². The highest BCUT2D eigenvalue weighted by Crippen LogP contribution is 2.22. The van der Waals surface area contributed by atoms with E-state index in [4.69, 9.17) is 0 Å². The smallest absolute Gasteiger partial charge is 0.220 e. The van der Waals surface area contributed by atoms with Crippen LogP contribution in [0.15, 0.2) is 30.3 Å². The van der Waals surface area contributed by atoms with Crippen molar-refractivity contribution in [2.24, 2.45) is 0 Å². The number of nitrogens with one attached hydrogen (secondary N) is 1. The topological polar surface area (TPSA) is 52.7 Å². The number of piperazine rings is 1. The zero-order valence-corrected chi connectivity index (χ0v) is 18.5. The number of ketones is 1. The van der Waals surface area contributed by atoms with E-state index in [1.165, 1.54) is 5.56 Å². The third-order valence-corrected chi connectivity index (χ3v) is 6.37. The molecule has 1 aliphatic rings. The van der Waals surface area contributed by atoms with E-state index in [-0.39, 0.29) is 24.5 Å². The molecule has 29 heavy (non-hydrogen) atoms. The van der Waals surface area contributed by atoms with Gasteiger partial charge in [-0.25, -0.2) is 0 Å². The summed E-state index contributed by atoms with van der Waals surface area (Å²) in [5.41, 5.74) is 3.14. The minimum Gasteiger partial charge on any atom is -0.352 e. The Morgan fingerprint density at radius 3 is 2.45 bits per heavy atom. The zero-order valence-electron chi connectivity index (χ0n) is 17.7. The first-order valence-electron chi connectivity index (χ1n) is 10.3. The molecule has 2 aromatic rings. The third-order valence-electron chi connectivity index (χ3n) is 5.40. The van der Waals surface area contributed by atoms with Crippen LogP contribution in [0, 0.1) is 13.8 Å². The number of Topliss-reactive ketones (excluding diaryl/α,β-unsaturated/α-hetero) is 1. The monoisotopic (exact) mass is 413 g/mol. The number of aryl methyl sites for hydroxylation is 2. The molecule has 0 bridgehead atoms. The molecule has 1 aliphatic heterocycles. The minimum absolute atomic E-state index is 0.0520. The molecule has 0 radical (unpaired) electrons. The van der Waals surface area contributed by atoms with E-state index in [9.17, 15) is 9.59 Å². The maximum absolute atomic E-state index is 12.3. The van der Waals surface area contributed by atoms with Gasteiger partial charge in [-0.1, -0.05) is 24.3 Å². The number of hydrogen-bond donors (Lipinski definition) is 1. The highest BCUT2D eigenvalue weighted by molar-refractivity contribution is 7.12. The normalized spacial score (nSPS) is 15.4. The molecule has 0 aliphatic carbocycles. The van der Waals surface area contributed by atoms with Crippen molar-refractivity contribution in [1.82, 2.24) is 15.1 Å². The Labute approximate surface area is 177 Å². The number of carbonyl (C=O) groups is 2. The molecule has 1 fully saturated rings. The summed E-state index contributed by atoms with van der Waals surface area (Å²) in [5, 5.41) is 2.95. The largest absolute Gasteiger partial charge is 0.352 e. The van der Waals surface area contributed by atoms with E-state index in [1.54, 1.807) is 11.3 Å². The van der Waals surface area contributed by atoms with Gasteiger partial charge in [0.1, 0.15) is 0 Å². The highest BCUT2D eigenvalue weighted by atomic mass is 32.1. The Balaban J connectivity index is 1.44. The average molecular weight is 414 g/mol. The standard InChI is InChI=1S/C23H31N3O2S/c1-17-13-21(18(2)29-17)22(27)7-8-23(28)24-15-19-5-4-6-20(14-19)16-26-11-9-25(3)10-12-26/h4-6,13-14H,7-12,15-16H2,1-3H3,(H,24,28). The van der Waals surface area contributed by atoms with Crippen LogP contribution >= 0.6 is 11.3 Å². The number of carbonyl (C=O) groups excluding carboxylic acids is 2. The maximum atomic E-state index is 12.3. The van der Waals surface area contributed by atoms with E-state index in [2.05, 4.69) is 40.4 Å². The predicted octanol–water partition coefficient (Wildman–Crippen LogP) is 3.39. The summed E-state index contributed by atoms with van der Waals surface area (Å²) in [6, 6.07) is 10.3. The van der Waals surface area contributed by atoms with Gasteiger partial charge in [0, 0.05) is 67.4 Å². The van der Waals surface area contributed by atoms with Gasteiger partial charge < -0.3 is 10.2 Å². The van der Waals surface area contributed by atoms with Crippen LogP contribution in [-0.2, 0) is 17.9 Å². The van der Waals surface area contributed by atoms with Crippen LogP contribution in [0.2, 0.25) is 0 Å². The Hall–Kier alpha value is -2.02. The number of thiophene rings is 1. The predicted molar refractivity (Wildman–Crippen MR) is 118 cm³/mol. The lowest BCUT2D eigenvalue weighted by molar-refractivity contribution is -0.121. The first-order valence-corrected chi connectivity index (χ1v) is 11.1. The second-order valence-electron chi connectivity index (χ2n) is 7.93. The second-order valence-corrected chi connectivity index (χ2v) is 9.39. The summed E-state index contributed by atoms with van der Waals surface area (Å²) >= 11 is 1.63. The summed E-state index contributed by atoms with van der Waals surface area (Å²) in [7, 11) is 2.16. The fourth-order valence-corrected chi connectivity index (χ4v) is 4.60. The first-order chi connectivity index (χ1) is 13.9. The minimum atomic E-state index is -0.0765. The van der Waals surface area contributed by atoms with Gasteiger partial charge in [-0.2, -0.15) is 0 Å². The van der Waals surface area contributed by atoms with Crippen LogP contribution in [0.25, 0.3) is 0 Å². The Morgan fingerprint density at radius 2 is 1.76 bits per heavy atom. The van der Waals surface area contributed by atoms with E-state index < -0.39 is 0 Å². The molecular weight excluding hydrogens is 382 g/mol. The number of hydrogen-bond acceptors (Lipinski definition) is 5. The number of amides is 1. The fraction of sp³-hybridized carbons (Fsp3) is 0.478. The van der Waals surface area contributed by atoms with Crippen molar-refractivity contribution in [2.75, 3.05) is 33.2 Å². The molecule has 156 valence electrons. The van der Waals surface area contributed by atoms with E-state index in [1.807, 2.05) is 26.0 Å². The molecule has 1 amide bonds.